The maximum Gasteiger partial charge on any atom is 0.169 e. The van der Waals surface area contributed by atoms with E-state index in [1.807, 2.05) is 6.92 Å². The standard InChI is InChI=1S/C15H31N3O2S2/c1-6-16-15(21)18(14-7-10-22(19,20)11-14)9-8-17(12(2)3)13(4)5/h12-14H,6-11H2,1-5H3,(H,16,21)/p+1/t14-/m1/s1. The molecule has 0 bridgehead atoms. The number of hydrogen-bond acceptors (Lipinski definition) is 3. The summed E-state index contributed by atoms with van der Waals surface area (Å²) >= 11 is 5.48. The van der Waals surface area contributed by atoms with Crippen molar-refractivity contribution in [3.05, 3.63) is 0 Å². The molecule has 0 amide bonds. The molecule has 1 saturated heterocycles. The molecular formula is C15H32N3O2S2+. The monoisotopic (exact) mass is 350 g/mol. The quantitative estimate of drug-likeness (QED) is 0.637. The highest BCUT2D eigenvalue weighted by Crippen LogP contribution is 2.17. The lowest BCUT2D eigenvalue weighted by molar-refractivity contribution is -0.941. The zero-order valence-electron chi connectivity index (χ0n) is 14.6. The molecule has 1 fully saturated rings. The third kappa shape index (κ3) is 5.66. The van der Waals surface area contributed by atoms with E-state index < -0.39 is 9.84 Å². The fourth-order valence-corrected chi connectivity index (χ4v) is 5.33. The van der Waals surface area contributed by atoms with Crippen LogP contribution >= 0.6 is 12.2 Å². The van der Waals surface area contributed by atoms with E-state index in [1.54, 1.807) is 0 Å². The summed E-state index contributed by atoms with van der Waals surface area (Å²) < 4.78 is 23.6. The molecule has 7 heteroatoms. The highest BCUT2D eigenvalue weighted by atomic mass is 32.2. The summed E-state index contributed by atoms with van der Waals surface area (Å²) in [5.41, 5.74) is 0. The molecule has 1 aliphatic rings. The van der Waals surface area contributed by atoms with Gasteiger partial charge in [0, 0.05) is 12.6 Å². The van der Waals surface area contributed by atoms with Gasteiger partial charge in [-0.3, -0.25) is 0 Å². The molecule has 1 atom stereocenters. The molecule has 0 aromatic carbocycles. The third-order valence-electron chi connectivity index (χ3n) is 4.36. The highest BCUT2D eigenvalue weighted by molar-refractivity contribution is 7.91. The zero-order chi connectivity index (χ0) is 16.9. The van der Waals surface area contributed by atoms with Gasteiger partial charge in [-0.05, 0) is 53.3 Å². The summed E-state index contributed by atoms with van der Waals surface area (Å²) in [7, 11) is -2.90. The summed E-state index contributed by atoms with van der Waals surface area (Å²) in [6.07, 6.45) is 0.687. The lowest BCUT2D eigenvalue weighted by atomic mass is 10.2. The van der Waals surface area contributed by atoms with Gasteiger partial charge in [-0.2, -0.15) is 0 Å². The van der Waals surface area contributed by atoms with Crippen LogP contribution in [-0.4, -0.2) is 67.7 Å². The molecule has 1 rings (SSSR count). The second-order valence-corrected chi connectivity index (χ2v) is 9.34. The molecule has 0 aliphatic carbocycles. The van der Waals surface area contributed by atoms with Crippen molar-refractivity contribution in [1.29, 1.82) is 0 Å². The van der Waals surface area contributed by atoms with Crippen LogP contribution in [-0.2, 0) is 9.84 Å². The number of quaternary nitrogens is 1. The average molecular weight is 351 g/mol. The number of rotatable bonds is 7. The molecule has 0 spiro atoms. The SMILES string of the molecule is CCNC(=S)N(CC[NH+](C(C)C)C(C)C)[C@@H]1CCS(=O)(=O)C1. The normalized spacial score (nSPS) is 20.8. The summed E-state index contributed by atoms with van der Waals surface area (Å²) in [6.45, 7) is 13.4. The summed E-state index contributed by atoms with van der Waals surface area (Å²) in [5, 5.41) is 3.88. The van der Waals surface area contributed by atoms with Crippen LogP contribution in [0.5, 0.6) is 0 Å². The van der Waals surface area contributed by atoms with Crippen molar-refractivity contribution in [3.63, 3.8) is 0 Å². The Kier molecular flexibility index (Phi) is 7.55. The van der Waals surface area contributed by atoms with Crippen LogP contribution < -0.4 is 10.2 Å². The van der Waals surface area contributed by atoms with E-state index in [-0.39, 0.29) is 17.5 Å². The second kappa shape index (κ2) is 8.45. The van der Waals surface area contributed by atoms with Gasteiger partial charge in [0.05, 0.1) is 36.7 Å². The molecular weight excluding hydrogens is 318 g/mol. The van der Waals surface area contributed by atoms with Crippen LogP contribution in [0.1, 0.15) is 41.0 Å². The Morgan fingerprint density at radius 3 is 2.32 bits per heavy atom. The average Bonchev–Trinajstić information content (AvgIpc) is 2.73. The van der Waals surface area contributed by atoms with E-state index in [1.165, 1.54) is 4.90 Å². The largest absolute Gasteiger partial charge is 0.363 e. The lowest BCUT2D eigenvalue weighted by Crippen LogP contribution is -3.18. The summed E-state index contributed by atoms with van der Waals surface area (Å²) in [4.78, 5) is 3.62. The first kappa shape index (κ1) is 19.6. The van der Waals surface area contributed by atoms with Crippen molar-refractivity contribution in [3.8, 4) is 0 Å². The number of sulfone groups is 1. The number of nitrogens with one attached hydrogen (secondary N) is 2. The van der Waals surface area contributed by atoms with Gasteiger partial charge in [0.15, 0.2) is 14.9 Å². The minimum absolute atomic E-state index is 0.0251. The van der Waals surface area contributed by atoms with Crippen molar-refractivity contribution in [2.75, 3.05) is 31.1 Å². The first-order valence-corrected chi connectivity index (χ1v) is 10.5. The molecule has 130 valence electrons. The van der Waals surface area contributed by atoms with E-state index in [0.29, 0.717) is 23.6 Å². The fourth-order valence-electron chi connectivity index (χ4n) is 3.22. The van der Waals surface area contributed by atoms with Crippen LogP contribution in [0.15, 0.2) is 0 Å². The Bertz CT molecular complexity index is 455. The van der Waals surface area contributed by atoms with E-state index in [0.717, 1.165) is 19.6 Å². The predicted octanol–water partition coefficient (Wildman–Crippen LogP) is 0.0716. The van der Waals surface area contributed by atoms with E-state index >= 15 is 0 Å². The van der Waals surface area contributed by atoms with E-state index in [9.17, 15) is 8.42 Å². The van der Waals surface area contributed by atoms with Crippen LogP contribution in [0.4, 0.5) is 0 Å². The molecule has 1 heterocycles. The van der Waals surface area contributed by atoms with Crippen molar-refractivity contribution < 1.29 is 13.3 Å². The first-order valence-electron chi connectivity index (χ1n) is 8.28. The Balaban J connectivity index is 2.77. The first-order chi connectivity index (χ1) is 10.2. The summed E-state index contributed by atoms with van der Waals surface area (Å²) in [6, 6.07) is 1.11. The molecule has 0 aromatic rings. The topological polar surface area (TPSA) is 53.9 Å². The third-order valence-corrected chi connectivity index (χ3v) is 6.49. The molecule has 0 radical (unpaired) electrons. The van der Waals surface area contributed by atoms with E-state index in [2.05, 4.69) is 37.9 Å². The number of thiocarbonyl (C=S) groups is 1. The van der Waals surface area contributed by atoms with Gasteiger partial charge in [0.1, 0.15) is 0 Å². The molecule has 0 aromatic heterocycles. The van der Waals surface area contributed by atoms with Crippen molar-refractivity contribution in [1.82, 2.24) is 10.2 Å². The minimum Gasteiger partial charge on any atom is -0.363 e. The van der Waals surface area contributed by atoms with Gasteiger partial charge in [-0.15, -0.1) is 0 Å². The molecule has 5 nitrogen and oxygen atoms in total. The molecule has 1 aliphatic heterocycles. The van der Waals surface area contributed by atoms with Crippen LogP contribution in [0.3, 0.4) is 0 Å². The fraction of sp³-hybridized carbons (Fsp3) is 0.933. The van der Waals surface area contributed by atoms with E-state index in [4.69, 9.17) is 12.2 Å². The van der Waals surface area contributed by atoms with Gasteiger partial charge in [0.2, 0.25) is 0 Å². The Morgan fingerprint density at radius 1 is 1.32 bits per heavy atom. The van der Waals surface area contributed by atoms with Gasteiger partial charge in [-0.25, -0.2) is 8.42 Å². The van der Waals surface area contributed by atoms with Crippen LogP contribution in [0.2, 0.25) is 0 Å². The van der Waals surface area contributed by atoms with Gasteiger partial charge >= 0.3 is 0 Å². The Morgan fingerprint density at radius 2 is 1.91 bits per heavy atom. The van der Waals surface area contributed by atoms with Gasteiger partial charge in [0.25, 0.3) is 0 Å². The van der Waals surface area contributed by atoms with Crippen molar-refractivity contribution >= 4 is 27.2 Å². The van der Waals surface area contributed by atoms with Crippen LogP contribution in [0, 0.1) is 0 Å². The highest BCUT2D eigenvalue weighted by Gasteiger charge is 2.34. The Hall–Kier alpha value is -0.400. The maximum atomic E-state index is 11.8. The lowest BCUT2D eigenvalue weighted by Gasteiger charge is -2.34. The molecule has 0 unspecified atom stereocenters. The maximum absolute atomic E-state index is 11.8. The number of hydrogen-bond donors (Lipinski definition) is 2. The summed E-state index contributed by atoms with van der Waals surface area (Å²) in [5.74, 6) is 0.519. The van der Waals surface area contributed by atoms with Crippen molar-refractivity contribution in [2.24, 2.45) is 0 Å². The van der Waals surface area contributed by atoms with Gasteiger partial charge < -0.3 is 15.1 Å². The molecule has 22 heavy (non-hydrogen) atoms. The smallest absolute Gasteiger partial charge is 0.169 e. The second-order valence-electron chi connectivity index (χ2n) is 6.72. The molecule has 2 N–H and O–H groups in total. The number of nitrogens with zero attached hydrogens (tertiary/aromatic N) is 1. The minimum atomic E-state index is -2.90. The molecule has 0 saturated carbocycles. The van der Waals surface area contributed by atoms with Crippen LogP contribution in [0.25, 0.3) is 0 Å². The Labute approximate surface area is 141 Å². The van der Waals surface area contributed by atoms with Gasteiger partial charge in [-0.1, -0.05) is 0 Å². The zero-order valence-corrected chi connectivity index (χ0v) is 16.2. The van der Waals surface area contributed by atoms with Crippen molar-refractivity contribution in [2.45, 2.75) is 59.2 Å². The predicted molar refractivity (Wildman–Crippen MR) is 96.1 cm³/mol.